The lowest BCUT2D eigenvalue weighted by Crippen LogP contribution is -2.49. The van der Waals surface area contributed by atoms with Gasteiger partial charge in [-0.1, -0.05) is 13.3 Å². The Morgan fingerprint density at radius 3 is 2.26 bits per heavy atom. The fourth-order valence-corrected chi connectivity index (χ4v) is 2.43. The van der Waals surface area contributed by atoms with Crippen LogP contribution in [0.1, 0.15) is 40.5 Å². The van der Waals surface area contributed by atoms with Crippen molar-refractivity contribution in [3.63, 3.8) is 0 Å². The molecule has 0 aromatic heterocycles. The average Bonchev–Trinajstić information content (AvgIpc) is 2.37. The molecule has 0 spiro atoms. The Bertz CT molecular complexity index is 203. The van der Waals surface area contributed by atoms with Crippen LogP contribution in [-0.2, 0) is 9.47 Å². The Balaban J connectivity index is 4.23. The lowest BCUT2D eigenvalue weighted by molar-refractivity contribution is 0.0510. The molecule has 0 bridgehead atoms. The van der Waals surface area contributed by atoms with Crippen molar-refractivity contribution < 1.29 is 9.47 Å². The summed E-state index contributed by atoms with van der Waals surface area (Å²) in [4.78, 5) is 2.46. The molecule has 0 fully saturated rings. The molecule has 116 valence electrons. The quantitative estimate of drug-likeness (QED) is 0.591. The first-order valence-corrected chi connectivity index (χ1v) is 7.53. The second-order valence-corrected chi connectivity index (χ2v) is 5.48. The highest BCUT2D eigenvalue weighted by Gasteiger charge is 2.20. The molecular formula is C15H34N2O2. The first-order chi connectivity index (χ1) is 9.06. The molecule has 0 aromatic rings. The highest BCUT2D eigenvalue weighted by atomic mass is 16.5. The SMILES string of the molecule is CCCC(C)NCC(C)N(CCOC)C(C)COC. The van der Waals surface area contributed by atoms with Crippen LogP contribution >= 0.6 is 0 Å². The molecule has 0 radical (unpaired) electrons. The molecule has 0 rings (SSSR count). The fraction of sp³-hybridized carbons (Fsp3) is 1.00. The Kier molecular flexibility index (Phi) is 11.6. The first kappa shape index (κ1) is 18.8. The van der Waals surface area contributed by atoms with Crippen LogP contribution in [0.3, 0.4) is 0 Å². The Labute approximate surface area is 119 Å². The molecule has 1 N–H and O–H groups in total. The molecule has 0 aromatic carbocycles. The molecule has 0 aliphatic heterocycles. The maximum atomic E-state index is 5.28. The van der Waals surface area contributed by atoms with Gasteiger partial charge in [0.15, 0.2) is 0 Å². The minimum Gasteiger partial charge on any atom is -0.383 e. The van der Waals surface area contributed by atoms with Crippen LogP contribution in [0.25, 0.3) is 0 Å². The zero-order valence-corrected chi connectivity index (χ0v) is 13.7. The minimum absolute atomic E-state index is 0.415. The van der Waals surface area contributed by atoms with E-state index in [0.717, 1.165) is 26.3 Å². The first-order valence-electron chi connectivity index (χ1n) is 7.53. The molecule has 4 nitrogen and oxygen atoms in total. The van der Waals surface area contributed by atoms with Gasteiger partial charge >= 0.3 is 0 Å². The number of nitrogens with zero attached hydrogens (tertiary/aromatic N) is 1. The Morgan fingerprint density at radius 2 is 1.74 bits per heavy atom. The molecule has 19 heavy (non-hydrogen) atoms. The zero-order valence-electron chi connectivity index (χ0n) is 13.7. The molecule has 0 aliphatic rings. The van der Waals surface area contributed by atoms with Crippen molar-refractivity contribution in [2.24, 2.45) is 0 Å². The molecular weight excluding hydrogens is 240 g/mol. The van der Waals surface area contributed by atoms with Crippen molar-refractivity contribution in [3.8, 4) is 0 Å². The third-order valence-corrected chi connectivity index (χ3v) is 3.58. The molecule has 0 heterocycles. The topological polar surface area (TPSA) is 33.7 Å². The summed E-state index contributed by atoms with van der Waals surface area (Å²) in [5.41, 5.74) is 0. The van der Waals surface area contributed by atoms with Crippen molar-refractivity contribution >= 4 is 0 Å². The summed E-state index contributed by atoms with van der Waals surface area (Å²) in [6.45, 7) is 12.5. The lowest BCUT2D eigenvalue weighted by atomic mass is 10.1. The predicted molar refractivity (Wildman–Crippen MR) is 81.8 cm³/mol. The van der Waals surface area contributed by atoms with Gasteiger partial charge < -0.3 is 14.8 Å². The van der Waals surface area contributed by atoms with Gasteiger partial charge in [0.05, 0.1) is 13.2 Å². The van der Waals surface area contributed by atoms with Gasteiger partial charge in [0, 0.05) is 45.4 Å². The van der Waals surface area contributed by atoms with Gasteiger partial charge in [-0.05, 0) is 27.2 Å². The summed E-state index contributed by atoms with van der Waals surface area (Å²) in [6, 6.07) is 1.49. The summed E-state index contributed by atoms with van der Waals surface area (Å²) in [7, 11) is 3.52. The van der Waals surface area contributed by atoms with E-state index in [0.29, 0.717) is 18.1 Å². The van der Waals surface area contributed by atoms with Crippen LogP contribution in [0.15, 0.2) is 0 Å². The van der Waals surface area contributed by atoms with Gasteiger partial charge in [0.25, 0.3) is 0 Å². The number of methoxy groups -OCH3 is 2. The molecule has 0 saturated heterocycles. The van der Waals surface area contributed by atoms with Crippen LogP contribution in [0.2, 0.25) is 0 Å². The monoisotopic (exact) mass is 274 g/mol. The van der Waals surface area contributed by atoms with Crippen LogP contribution in [0.5, 0.6) is 0 Å². The highest BCUT2D eigenvalue weighted by molar-refractivity contribution is 4.76. The summed E-state index contributed by atoms with van der Waals surface area (Å²) in [5.74, 6) is 0. The van der Waals surface area contributed by atoms with Crippen molar-refractivity contribution in [1.29, 1.82) is 0 Å². The molecule has 4 heteroatoms. The van der Waals surface area contributed by atoms with E-state index in [-0.39, 0.29) is 0 Å². The van der Waals surface area contributed by atoms with E-state index >= 15 is 0 Å². The Hall–Kier alpha value is -0.160. The second kappa shape index (κ2) is 11.6. The van der Waals surface area contributed by atoms with Crippen molar-refractivity contribution in [1.82, 2.24) is 10.2 Å². The number of rotatable bonds is 12. The summed E-state index contributed by atoms with van der Waals surface area (Å²) in [6.07, 6.45) is 2.47. The van der Waals surface area contributed by atoms with Crippen molar-refractivity contribution in [2.75, 3.05) is 40.5 Å². The molecule has 3 unspecified atom stereocenters. The standard InChI is InChI=1S/C15H34N2O2/c1-7-8-13(2)16-11-14(3)17(9-10-18-5)15(4)12-19-6/h13-16H,7-12H2,1-6H3. The average molecular weight is 274 g/mol. The van der Waals surface area contributed by atoms with E-state index in [4.69, 9.17) is 9.47 Å². The molecule has 0 amide bonds. The van der Waals surface area contributed by atoms with Gasteiger partial charge in [-0.3, -0.25) is 4.90 Å². The largest absolute Gasteiger partial charge is 0.383 e. The third kappa shape index (κ3) is 8.58. The molecule has 3 atom stereocenters. The van der Waals surface area contributed by atoms with Gasteiger partial charge in [-0.15, -0.1) is 0 Å². The van der Waals surface area contributed by atoms with E-state index < -0.39 is 0 Å². The van der Waals surface area contributed by atoms with Crippen LogP contribution in [0, 0.1) is 0 Å². The van der Waals surface area contributed by atoms with Gasteiger partial charge in [0.2, 0.25) is 0 Å². The number of ether oxygens (including phenoxy) is 2. The number of hydrogen-bond acceptors (Lipinski definition) is 4. The molecule has 0 saturated carbocycles. The van der Waals surface area contributed by atoms with E-state index in [2.05, 4.69) is 37.9 Å². The summed E-state index contributed by atoms with van der Waals surface area (Å²) >= 11 is 0. The second-order valence-electron chi connectivity index (χ2n) is 5.48. The van der Waals surface area contributed by atoms with Crippen LogP contribution < -0.4 is 5.32 Å². The maximum absolute atomic E-state index is 5.28. The van der Waals surface area contributed by atoms with E-state index in [1.165, 1.54) is 12.8 Å². The van der Waals surface area contributed by atoms with E-state index in [9.17, 15) is 0 Å². The maximum Gasteiger partial charge on any atom is 0.0615 e. The summed E-state index contributed by atoms with van der Waals surface area (Å²) < 4.78 is 10.5. The zero-order chi connectivity index (χ0) is 14.7. The van der Waals surface area contributed by atoms with E-state index in [1.807, 2.05) is 0 Å². The van der Waals surface area contributed by atoms with Crippen LogP contribution in [-0.4, -0.2) is 63.5 Å². The van der Waals surface area contributed by atoms with Gasteiger partial charge in [-0.2, -0.15) is 0 Å². The fourth-order valence-electron chi connectivity index (χ4n) is 2.43. The number of hydrogen-bond donors (Lipinski definition) is 1. The molecule has 0 aliphatic carbocycles. The smallest absolute Gasteiger partial charge is 0.0615 e. The van der Waals surface area contributed by atoms with Gasteiger partial charge in [0.1, 0.15) is 0 Å². The van der Waals surface area contributed by atoms with E-state index in [1.54, 1.807) is 14.2 Å². The minimum atomic E-state index is 0.415. The third-order valence-electron chi connectivity index (χ3n) is 3.58. The Morgan fingerprint density at radius 1 is 1.05 bits per heavy atom. The van der Waals surface area contributed by atoms with Crippen molar-refractivity contribution in [2.45, 2.75) is 58.7 Å². The van der Waals surface area contributed by atoms with Gasteiger partial charge in [-0.25, -0.2) is 0 Å². The van der Waals surface area contributed by atoms with Crippen molar-refractivity contribution in [3.05, 3.63) is 0 Å². The normalized spacial score (nSPS) is 16.6. The summed E-state index contributed by atoms with van der Waals surface area (Å²) in [5, 5.41) is 3.61. The highest BCUT2D eigenvalue weighted by Crippen LogP contribution is 2.06. The lowest BCUT2D eigenvalue weighted by Gasteiger charge is -2.34. The predicted octanol–water partition coefficient (Wildman–Crippen LogP) is 2.14. The van der Waals surface area contributed by atoms with Crippen LogP contribution in [0.4, 0.5) is 0 Å². The number of nitrogens with one attached hydrogen (secondary N) is 1.